The third-order valence-electron chi connectivity index (χ3n) is 4.78. The van der Waals surface area contributed by atoms with Gasteiger partial charge in [-0.25, -0.2) is 0 Å². The Bertz CT molecular complexity index is 727. The smallest absolute Gasteiger partial charge is 0.252 e. The number of carbonyl (C=O) groups is 1. The van der Waals surface area contributed by atoms with Gasteiger partial charge in [-0.1, -0.05) is 30.7 Å². The summed E-state index contributed by atoms with van der Waals surface area (Å²) in [6.07, 6.45) is 4.24. The van der Waals surface area contributed by atoms with Crippen LogP contribution >= 0.6 is 11.6 Å². The lowest BCUT2D eigenvalue weighted by atomic mass is 10.1. The molecule has 1 aromatic carbocycles. The van der Waals surface area contributed by atoms with E-state index in [1.54, 1.807) is 6.20 Å². The summed E-state index contributed by atoms with van der Waals surface area (Å²) in [7, 11) is 0. The van der Waals surface area contributed by atoms with Gasteiger partial charge in [-0.15, -0.1) is 0 Å². The summed E-state index contributed by atoms with van der Waals surface area (Å²) in [6, 6.07) is 9.63. The Kier molecular flexibility index (Phi) is 6.47. The molecule has 0 unspecified atom stereocenters. The largest absolute Gasteiger partial charge is 0.368 e. The van der Waals surface area contributed by atoms with Gasteiger partial charge < -0.3 is 15.1 Å². The molecule has 1 aromatic heterocycles. The SMILES string of the molecule is CCN1CCN(c2cncc(C(=O)NCCc3ccc(Cl)cc3)c2)CC1. The van der Waals surface area contributed by atoms with Crippen molar-refractivity contribution >= 4 is 23.2 Å². The van der Waals surface area contributed by atoms with Crippen LogP contribution in [0.4, 0.5) is 5.69 Å². The van der Waals surface area contributed by atoms with E-state index in [0.717, 1.165) is 55.4 Å². The average molecular weight is 373 g/mol. The number of benzene rings is 1. The van der Waals surface area contributed by atoms with Crippen molar-refractivity contribution in [3.05, 3.63) is 58.9 Å². The average Bonchev–Trinajstić information content (AvgIpc) is 2.69. The summed E-state index contributed by atoms with van der Waals surface area (Å²) >= 11 is 5.89. The van der Waals surface area contributed by atoms with Crippen LogP contribution in [0.15, 0.2) is 42.7 Å². The van der Waals surface area contributed by atoms with Gasteiger partial charge in [0.05, 0.1) is 17.4 Å². The summed E-state index contributed by atoms with van der Waals surface area (Å²) in [6.45, 7) is 7.89. The van der Waals surface area contributed by atoms with E-state index in [4.69, 9.17) is 11.6 Å². The second kappa shape index (κ2) is 9.01. The van der Waals surface area contributed by atoms with Crippen LogP contribution in [0.25, 0.3) is 0 Å². The van der Waals surface area contributed by atoms with E-state index >= 15 is 0 Å². The van der Waals surface area contributed by atoms with Crippen molar-refractivity contribution in [2.75, 3.05) is 44.2 Å². The maximum absolute atomic E-state index is 12.4. The maximum atomic E-state index is 12.4. The lowest BCUT2D eigenvalue weighted by molar-refractivity contribution is 0.0954. The van der Waals surface area contributed by atoms with Crippen LogP contribution in [0.1, 0.15) is 22.8 Å². The Morgan fingerprint density at radius 1 is 1.15 bits per heavy atom. The molecule has 2 heterocycles. The first kappa shape index (κ1) is 18.7. The number of nitrogens with zero attached hydrogens (tertiary/aromatic N) is 3. The van der Waals surface area contributed by atoms with E-state index in [9.17, 15) is 4.79 Å². The van der Waals surface area contributed by atoms with Gasteiger partial charge in [-0.05, 0) is 36.7 Å². The van der Waals surface area contributed by atoms with Crippen molar-refractivity contribution in [1.82, 2.24) is 15.2 Å². The Morgan fingerprint density at radius 3 is 2.58 bits per heavy atom. The van der Waals surface area contributed by atoms with Crippen molar-refractivity contribution in [3.63, 3.8) is 0 Å². The molecule has 0 atom stereocenters. The predicted octanol–water partition coefficient (Wildman–Crippen LogP) is 2.85. The molecule has 26 heavy (non-hydrogen) atoms. The molecule has 1 saturated heterocycles. The number of anilines is 1. The third-order valence-corrected chi connectivity index (χ3v) is 5.04. The third kappa shape index (κ3) is 4.96. The number of likely N-dealkylation sites (N-methyl/N-ethyl adjacent to an activating group) is 1. The molecule has 138 valence electrons. The number of halogens is 1. The van der Waals surface area contributed by atoms with Gasteiger partial charge in [-0.2, -0.15) is 0 Å². The van der Waals surface area contributed by atoms with E-state index < -0.39 is 0 Å². The van der Waals surface area contributed by atoms with Crippen molar-refractivity contribution in [1.29, 1.82) is 0 Å². The van der Waals surface area contributed by atoms with Crippen molar-refractivity contribution < 1.29 is 4.79 Å². The molecular formula is C20H25ClN4O. The van der Waals surface area contributed by atoms with Crippen LogP contribution in [-0.2, 0) is 6.42 Å². The molecule has 5 nitrogen and oxygen atoms in total. The summed E-state index contributed by atoms with van der Waals surface area (Å²) in [4.78, 5) is 21.4. The fraction of sp³-hybridized carbons (Fsp3) is 0.400. The first-order valence-electron chi connectivity index (χ1n) is 9.10. The standard InChI is InChI=1S/C20H25ClN4O/c1-2-24-9-11-25(12-10-24)19-13-17(14-22-15-19)20(26)23-8-7-16-3-5-18(21)6-4-16/h3-6,13-15H,2,7-12H2,1H3,(H,23,26). The predicted molar refractivity (Wildman–Crippen MR) is 106 cm³/mol. The van der Waals surface area contributed by atoms with E-state index in [-0.39, 0.29) is 5.91 Å². The topological polar surface area (TPSA) is 48.5 Å². The number of nitrogens with one attached hydrogen (secondary N) is 1. The number of rotatable bonds is 6. The molecule has 1 aliphatic rings. The first-order chi connectivity index (χ1) is 12.7. The number of piperazine rings is 1. The molecule has 0 radical (unpaired) electrons. The molecule has 3 rings (SSSR count). The summed E-state index contributed by atoms with van der Waals surface area (Å²) < 4.78 is 0. The molecule has 1 fully saturated rings. The monoisotopic (exact) mass is 372 g/mol. The van der Waals surface area contributed by atoms with Crippen molar-refractivity contribution in [3.8, 4) is 0 Å². The van der Waals surface area contributed by atoms with Gasteiger partial charge in [-0.3, -0.25) is 9.78 Å². The van der Waals surface area contributed by atoms with Gasteiger partial charge >= 0.3 is 0 Å². The first-order valence-corrected chi connectivity index (χ1v) is 9.48. The van der Waals surface area contributed by atoms with Gasteiger partial charge in [0.15, 0.2) is 0 Å². The van der Waals surface area contributed by atoms with Crippen molar-refractivity contribution in [2.45, 2.75) is 13.3 Å². The van der Waals surface area contributed by atoms with Gasteiger partial charge in [0.25, 0.3) is 5.91 Å². The molecule has 0 spiro atoms. The molecule has 6 heteroatoms. The van der Waals surface area contributed by atoms with Crippen LogP contribution in [0.2, 0.25) is 5.02 Å². The van der Waals surface area contributed by atoms with E-state index in [1.165, 1.54) is 0 Å². The minimum absolute atomic E-state index is 0.0829. The minimum atomic E-state index is -0.0829. The number of hydrogen-bond donors (Lipinski definition) is 1. The quantitative estimate of drug-likeness (QED) is 0.847. The zero-order valence-corrected chi connectivity index (χ0v) is 15.9. The van der Waals surface area contributed by atoms with Crippen molar-refractivity contribution in [2.24, 2.45) is 0 Å². The normalized spacial score (nSPS) is 15.1. The molecule has 1 amide bonds. The number of pyridine rings is 1. The lowest BCUT2D eigenvalue weighted by Crippen LogP contribution is -2.46. The fourth-order valence-electron chi connectivity index (χ4n) is 3.12. The zero-order chi connectivity index (χ0) is 18.4. The summed E-state index contributed by atoms with van der Waals surface area (Å²) in [5, 5.41) is 3.69. The van der Waals surface area contributed by atoms with Crippen LogP contribution in [0.5, 0.6) is 0 Å². The van der Waals surface area contributed by atoms with Gasteiger partial charge in [0.2, 0.25) is 0 Å². The number of aromatic nitrogens is 1. The van der Waals surface area contributed by atoms with Crippen LogP contribution in [0, 0.1) is 0 Å². The molecule has 0 aliphatic carbocycles. The van der Waals surface area contributed by atoms with E-state index in [1.807, 2.05) is 36.5 Å². The number of amides is 1. The highest BCUT2D eigenvalue weighted by molar-refractivity contribution is 6.30. The summed E-state index contributed by atoms with van der Waals surface area (Å²) in [5.41, 5.74) is 2.78. The Morgan fingerprint density at radius 2 is 1.88 bits per heavy atom. The van der Waals surface area contributed by atoms with E-state index in [2.05, 4.69) is 27.0 Å². The number of carbonyl (C=O) groups excluding carboxylic acids is 1. The zero-order valence-electron chi connectivity index (χ0n) is 15.1. The molecule has 0 bridgehead atoms. The maximum Gasteiger partial charge on any atom is 0.252 e. The Labute approximate surface area is 160 Å². The van der Waals surface area contributed by atoms with Gasteiger partial charge in [0, 0.05) is 43.9 Å². The van der Waals surface area contributed by atoms with Crippen LogP contribution < -0.4 is 10.2 Å². The Hall–Kier alpha value is -2.11. The lowest BCUT2D eigenvalue weighted by Gasteiger charge is -2.35. The highest BCUT2D eigenvalue weighted by Gasteiger charge is 2.17. The van der Waals surface area contributed by atoms with Gasteiger partial charge in [0.1, 0.15) is 0 Å². The number of hydrogen-bond acceptors (Lipinski definition) is 4. The highest BCUT2D eigenvalue weighted by atomic mass is 35.5. The molecule has 1 aliphatic heterocycles. The minimum Gasteiger partial charge on any atom is -0.368 e. The summed E-state index contributed by atoms with van der Waals surface area (Å²) in [5.74, 6) is -0.0829. The second-order valence-corrected chi connectivity index (χ2v) is 6.92. The van der Waals surface area contributed by atoms with Crippen LogP contribution in [-0.4, -0.2) is 55.1 Å². The Balaban J connectivity index is 1.53. The highest BCUT2D eigenvalue weighted by Crippen LogP contribution is 2.17. The fourth-order valence-corrected chi connectivity index (χ4v) is 3.25. The molecule has 0 saturated carbocycles. The van der Waals surface area contributed by atoms with E-state index in [0.29, 0.717) is 12.1 Å². The second-order valence-electron chi connectivity index (χ2n) is 6.49. The van der Waals surface area contributed by atoms with Crippen LogP contribution in [0.3, 0.4) is 0 Å². The molecular weight excluding hydrogens is 348 g/mol. The molecule has 2 aromatic rings. The molecule has 1 N–H and O–H groups in total.